The number of rotatable bonds is 1. The van der Waals surface area contributed by atoms with Gasteiger partial charge in [0.2, 0.25) is 11.8 Å². The molecule has 134 valence electrons. The normalized spacial score (nSPS) is 23.3. The van der Waals surface area contributed by atoms with Crippen molar-refractivity contribution in [2.45, 2.75) is 38.3 Å². The van der Waals surface area contributed by atoms with Crippen molar-refractivity contribution in [1.82, 2.24) is 15.5 Å². The zero-order valence-electron chi connectivity index (χ0n) is 14.5. The molecule has 0 radical (unpaired) electrons. The van der Waals surface area contributed by atoms with Crippen LogP contribution in [0.15, 0.2) is 18.2 Å². The lowest BCUT2D eigenvalue weighted by molar-refractivity contribution is -0.136. The number of amides is 3. The van der Waals surface area contributed by atoms with Gasteiger partial charge in [-0.25, -0.2) is 0 Å². The lowest BCUT2D eigenvalue weighted by Gasteiger charge is -2.29. The molecule has 1 unspecified atom stereocenters. The van der Waals surface area contributed by atoms with E-state index in [2.05, 4.69) is 22.5 Å². The summed E-state index contributed by atoms with van der Waals surface area (Å²) in [6.45, 7) is 2.36. The van der Waals surface area contributed by atoms with Crippen LogP contribution in [0.1, 0.15) is 47.2 Å². The number of fused-ring (bicyclic) bond motifs is 1. The quantitative estimate of drug-likeness (QED) is 0.579. The average molecular weight is 351 g/mol. The number of carbonyl (C=O) groups is 3. The van der Waals surface area contributed by atoms with E-state index in [1.165, 1.54) is 0 Å². The second-order valence-corrected chi connectivity index (χ2v) is 7.03. The molecule has 0 bridgehead atoms. The zero-order valence-corrected chi connectivity index (χ0v) is 14.5. The predicted molar refractivity (Wildman–Crippen MR) is 95.0 cm³/mol. The largest absolute Gasteiger partial charge is 0.322 e. The first-order valence-electron chi connectivity index (χ1n) is 9.12. The molecule has 3 heterocycles. The molecular formula is C20H21N3O3. The van der Waals surface area contributed by atoms with Crippen LogP contribution >= 0.6 is 0 Å². The van der Waals surface area contributed by atoms with Gasteiger partial charge >= 0.3 is 0 Å². The van der Waals surface area contributed by atoms with E-state index >= 15 is 0 Å². The minimum atomic E-state index is -0.585. The van der Waals surface area contributed by atoms with Gasteiger partial charge in [0.05, 0.1) is 0 Å². The maximum absolute atomic E-state index is 12.8. The summed E-state index contributed by atoms with van der Waals surface area (Å²) in [5.74, 6) is 6.19. The number of nitrogens with zero attached hydrogens (tertiary/aromatic N) is 1. The Kier molecular flexibility index (Phi) is 4.48. The van der Waals surface area contributed by atoms with Gasteiger partial charge in [0.15, 0.2) is 0 Å². The molecule has 4 rings (SSSR count). The van der Waals surface area contributed by atoms with Crippen molar-refractivity contribution in [1.29, 1.82) is 0 Å². The third kappa shape index (κ3) is 3.11. The van der Waals surface area contributed by atoms with Crippen LogP contribution in [0.3, 0.4) is 0 Å². The average Bonchev–Trinajstić information content (AvgIpc) is 2.98. The maximum atomic E-state index is 12.8. The third-order valence-corrected chi connectivity index (χ3v) is 5.33. The third-order valence-electron chi connectivity index (χ3n) is 5.33. The number of nitrogens with one attached hydrogen (secondary N) is 2. The summed E-state index contributed by atoms with van der Waals surface area (Å²) in [6, 6.07) is 4.99. The molecule has 0 spiro atoms. The lowest BCUT2D eigenvalue weighted by Crippen LogP contribution is -2.52. The molecule has 2 fully saturated rings. The molecule has 3 aliphatic rings. The van der Waals surface area contributed by atoms with Crippen molar-refractivity contribution in [3.05, 3.63) is 34.9 Å². The van der Waals surface area contributed by atoms with Gasteiger partial charge < -0.3 is 10.2 Å². The predicted octanol–water partition coefficient (Wildman–Crippen LogP) is 0.799. The molecule has 1 aromatic carbocycles. The summed E-state index contributed by atoms with van der Waals surface area (Å²) in [4.78, 5) is 37.9. The summed E-state index contributed by atoms with van der Waals surface area (Å²) in [7, 11) is 0. The monoisotopic (exact) mass is 351 g/mol. The van der Waals surface area contributed by atoms with Crippen LogP contribution in [-0.2, 0) is 16.1 Å². The van der Waals surface area contributed by atoms with E-state index in [4.69, 9.17) is 0 Å². The molecule has 1 atom stereocenters. The van der Waals surface area contributed by atoms with Gasteiger partial charge in [-0.3, -0.25) is 19.7 Å². The molecule has 2 saturated heterocycles. The molecule has 0 saturated carbocycles. The molecule has 2 N–H and O–H groups in total. The second kappa shape index (κ2) is 6.93. The number of hydrogen-bond acceptors (Lipinski definition) is 4. The molecule has 3 aliphatic heterocycles. The van der Waals surface area contributed by atoms with Crippen molar-refractivity contribution in [3.63, 3.8) is 0 Å². The van der Waals surface area contributed by atoms with Gasteiger partial charge in [0.1, 0.15) is 6.04 Å². The van der Waals surface area contributed by atoms with Gasteiger partial charge in [0, 0.05) is 30.0 Å². The van der Waals surface area contributed by atoms with Crippen molar-refractivity contribution in [2.75, 3.05) is 13.1 Å². The molecule has 1 aromatic rings. The maximum Gasteiger partial charge on any atom is 0.255 e. The van der Waals surface area contributed by atoms with E-state index in [9.17, 15) is 14.4 Å². The van der Waals surface area contributed by atoms with Crippen LogP contribution in [-0.4, -0.2) is 41.8 Å². The Morgan fingerprint density at radius 3 is 2.65 bits per heavy atom. The number of piperidine rings is 2. The molecule has 0 aliphatic carbocycles. The summed E-state index contributed by atoms with van der Waals surface area (Å²) in [5, 5.41) is 5.66. The highest BCUT2D eigenvalue weighted by atomic mass is 16.2. The Morgan fingerprint density at radius 1 is 1.08 bits per heavy atom. The second-order valence-electron chi connectivity index (χ2n) is 7.03. The van der Waals surface area contributed by atoms with Gasteiger partial charge in [-0.15, -0.1) is 0 Å². The highest BCUT2D eigenvalue weighted by molar-refractivity contribution is 6.05. The summed E-state index contributed by atoms with van der Waals surface area (Å²) in [6.07, 6.45) is 2.73. The van der Waals surface area contributed by atoms with Crippen LogP contribution in [0.4, 0.5) is 0 Å². The first-order valence-corrected chi connectivity index (χ1v) is 9.12. The van der Waals surface area contributed by atoms with Crippen molar-refractivity contribution >= 4 is 17.7 Å². The minimum absolute atomic E-state index is 0.153. The highest BCUT2D eigenvalue weighted by Gasteiger charge is 2.39. The summed E-state index contributed by atoms with van der Waals surface area (Å²) in [5.41, 5.74) is 2.37. The van der Waals surface area contributed by atoms with Crippen molar-refractivity contribution < 1.29 is 14.4 Å². The van der Waals surface area contributed by atoms with Gasteiger partial charge in [-0.2, -0.15) is 0 Å². The van der Waals surface area contributed by atoms with E-state index in [-0.39, 0.29) is 24.1 Å². The Bertz CT molecular complexity index is 830. The first kappa shape index (κ1) is 16.8. The minimum Gasteiger partial charge on any atom is -0.322 e. The lowest BCUT2D eigenvalue weighted by atomic mass is 9.97. The van der Waals surface area contributed by atoms with Crippen molar-refractivity contribution in [3.8, 4) is 11.8 Å². The van der Waals surface area contributed by atoms with Gasteiger partial charge in [-0.1, -0.05) is 17.9 Å². The first-order chi connectivity index (χ1) is 12.6. The molecule has 0 aromatic heterocycles. The molecular weight excluding hydrogens is 330 g/mol. The van der Waals surface area contributed by atoms with Crippen LogP contribution < -0.4 is 10.6 Å². The zero-order chi connectivity index (χ0) is 18.1. The van der Waals surface area contributed by atoms with E-state index in [0.717, 1.165) is 37.1 Å². The van der Waals surface area contributed by atoms with Crippen LogP contribution in [0.25, 0.3) is 0 Å². The fourth-order valence-electron chi connectivity index (χ4n) is 3.85. The number of carbonyl (C=O) groups excluding carboxylic acids is 3. The van der Waals surface area contributed by atoms with E-state index < -0.39 is 6.04 Å². The van der Waals surface area contributed by atoms with Gasteiger partial charge in [-0.05, 0) is 50.0 Å². The van der Waals surface area contributed by atoms with Crippen molar-refractivity contribution in [2.24, 2.45) is 5.92 Å². The Morgan fingerprint density at radius 2 is 1.88 bits per heavy atom. The van der Waals surface area contributed by atoms with E-state index in [0.29, 0.717) is 24.4 Å². The Labute approximate surface area is 152 Å². The smallest absolute Gasteiger partial charge is 0.255 e. The fourth-order valence-corrected chi connectivity index (χ4v) is 3.85. The fraction of sp³-hybridized carbons (Fsp3) is 0.450. The summed E-state index contributed by atoms with van der Waals surface area (Å²) < 4.78 is 0. The Hall–Kier alpha value is -2.65. The SMILES string of the molecule is O=C1CCC(N2Cc3c(C#CC4CCNCC4)cccc3C2=O)C(=O)N1. The van der Waals surface area contributed by atoms with Gasteiger partial charge in [0.25, 0.3) is 5.91 Å². The van der Waals surface area contributed by atoms with Crippen LogP contribution in [0, 0.1) is 17.8 Å². The van der Waals surface area contributed by atoms with E-state index in [1.807, 2.05) is 12.1 Å². The molecule has 26 heavy (non-hydrogen) atoms. The topological polar surface area (TPSA) is 78.5 Å². The van der Waals surface area contributed by atoms with Crippen LogP contribution in [0.5, 0.6) is 0 Å². The standard InChI is InChI=1S/C20H21N3O3/c24-18-7-6-17(19(25)22-18)23-12-16-14(2-1-3-15(16)20(23)26)5-4-13-8-10-21-11-9-13/h1-3,13,17,21H,6-12H2,(H,22,24,25). The Balaban J connectivity index is 1.57. The number of imide groups is 1. The molecule has 6 heteroatoms. The molecule has 6 nitrogen and oxygen atoms in total. The number of benzene rings is 1. The number of hydrogen-bond donors (Lipinski definition) is 2. The molecule has 3 amide bonds. The van der Waals surface area contributed by atoms with Crippen LogP contribution in [0.2, 0.25) is 0 Å². The highest BCUT2D eigenvalue weighted by Crippen LogP contribution is 2.29. The summed E-state index contributed by atoms with van der Waals surface area (Å²) >= 11 is 0. The van der Waals surface area contributed by atoms with E-state index in [1.54, 1.807) is 11.0 Å².